The molecule has 0 unspecified atom stereocenters. The fraction of sp³-hybridized carbons (Fsp3) is 0.467. The second kappa shape index (κ2) is 5.22. The summed E-state index contributed by atoms with van der Waals surface area (Å²) in [6.07, 6.45) is 2.13. The maximum absolute atomic E-state index is 11.9. The van der Waals surface area contributed by atoms with Gasteiger partial charge in [0.1, 0.15) is 6.42 Å². The van der Waals surface area contributed by atoms with E-state index >= 15 is 0 Å². The number of benzene rings is 1. The maximum atomic E-state index is 11.9. The summed E-state index contributed by atoms with van der Waals surface area (Å²) in [5.74, 6) is -0.0408. The second-order valence-corrected chi connectivity index (χ2v) is 4.95. The van der Waals surface area contributed by atoms with E-state index < -0.39 is 0 Å². The smallest absolute Gasteiger partial charge is 0.237 e. The largest absolute Gasteiger partial charge is 0.334 e. The van der Waals surface area contributed by atoms with Gasteiger partial charge in [-0.25, -0.2) is 0 Å². The zero-order chi connectivity index (χ0) is 13.1. The van der Waals surface area contributed by atoms with Crippen LogP contribution in [0, 0.1) is 25.2 Å². The molecule has 0 spiro atoms. The van der Waals surface area contributed by atoms with Gasteiger partial charge in [-0.2, -0.15) is 5.26 Å². The van der Waals surface area contributed by atoms with Gasteiger partial charge in [0.05, 0.1) is 6.07 Å². The summed E-state index contributed by atoms with van der Waals surface area (Å²) >= 11 is 0. The van der Waals surface area contributed by atoms with E-state index in [1.54, 1.807) is 0 Å². The highest BCUT2D eigenvalue weighted by Crippen LogP contribution is 2.29. The Morgan fingerprint density at radius 2 is 2.17 bits per heavy atom. The first kappa shape index (κ1) is 12.6. The molecule has 0 N–H and O–H groups in total. The van der Waals surface area contributed by atoms with Gasteiger partial charge in [-0.1, -0.05) is 18.2 Å². The van der Waals surface area contributed by atoms with Gasteiger partial charge in [0.15, 0.2) is 0 Å². The van der Waals surface area contributed by atoms with Crippen molar-refractivity contribution in [2.75, 3.05) is 0 Å². The number of amides is 1. The molecule has 3 heteroatoms. The number of rotatable bonds is 4. The van der Waals surface area contributed by atoms with Crippen molar-refractivity contribution in [1.29, 1.82) is 5.26 Å². The lowest BCUT2D eigenvalue weighted by atomic mass is 10.0. The summed E-state index contributed by atoms with van der Waals surface area (Å²) in [5.41, 5.74) is 3.68. The molecule has 1 aliphatic rings. The van der Waals surface area contributed by atoms with Crippen LogP contribution in [0.15, 0.2) is 18.2 Å². The summed E-state index contributed by atoms with van der Waals surface area (Å²) in [6.45, 7) is 4.81. The van der Waals surface area contributed by atoms with Gasteiger partial charge in [-0.05, 0) is 43.4 Å². The molecule has 1 saturated carbocycles. The molecule has 3 nitrogen and oxygen atoms in total. The minimum Gasteiger partial charge on any atom is -0.334 e. The topological polar surface area (TPSA) is 44.1 Å². The van der Waals surface area contributed by atoms with Crippen LogP contribution in [-0.2, 0) is 11.3 Å². The van der Waals surface area contributed by atoms with E-state index in [0.717, 1.165) is 12.8 Å². The highest BCUT2D eigenvalue weighted by Gasteiger charge is 2.32. The van der Waals surface area contributed by atoms with Crippen molar-refractivity contribution >= 4 is 5.91 Å². The van der Waals surface area contributed by atoms with Crippen molar-refractivity contribution in [2.45, 2.75) is 45.7 Å². The van der Waals surface area contributed by atoms with Gasteiger partial charge >= 0.3 is 0 Å². The summed E-state index contributed by atoms with van der Waals surface area (Å²) < 4.78 is 0. The number of carbonyl (C=O) groups excluding carboxylic acids is 1. The van der Waals surface area contributed by atoms with Crippen molar-refractivity contribution in [1.82, 2.24) is 4.90 Å². The van der Waals surface area contributed by atoms with Crippen molar-refractivity contribution < 1.29 is 4.79 Å². The minimum absolute atomic E-state index is 0.0125. The molecule has 0 aliphatic heterocycles. The second-order valence-electron chi connectivity index (χ2n) is 4.95. The lowest BCUT2D eigenvalue weighted by Gasteiger charge is -2.23. The predicted octanol–water partition coefficient (Wildman–Crippen LogP) is 2.71. The van der Waals surface area contributed by atoms with E-state index in [2.05, 4.69) is 26.0 Å². The molecule has 1 fully saturated rings. The fourth-order valence-electron chi connectivity index (χ4n) is 2.14. The predicted molar refractivity (Wildman–Crippen MR) is 69.7 cm³/mol. The Balaban J connectivity index is 2.16. The first-order valence-corrected chi connectivity index (χ1v) is 6.35. The van der Waals surface area contributed by atoms with Gasteiger partial charge in [-0.15, -0.1) is 0 Å². The van der Waals surface area contributed by atoms with E-state index in [1.807, 2.05) is 17.0 Å². The van der Waals surface area contributed by atoms with Crippen LogP contribution in [0.3, 0.4) is 0 Å². The van der Waals surface area contributed by atoms with Gasteiger partial charge in [0, 0.05) is 12.6 Å². The third-order valence-corrected chi connectivity index (χ3v) is 3.60. The molecule has 1 aromatic carbocycles. The summed E-state index contributed by atoms with van der Waals surface area (Å²) in [6, 6.07) is 8.48. The fourth-order valence-corrected chi connectivity index (χ4v) is 2.14. The average Bonchev–Trinajstić information content (AvgIpc) is 3.15. The SMILES string of the molecule is Cc1cccc(CN(C(=O)CC#N)C2CC2)c1C. The molecule has 0 radical (unpaired) electrons. The lowest BCUT2D eigenvalue weighted by Crippen LogP contribution is -2.32. The molecule has 0 aromatic heterocycles. The van der Waals surface area contributed by atoms with Gasteiger partial charge in [0.2, 0.25) is 5.91 Å². The molecular weight excluding hydrogens is 224 g/mol. The van der Waals surface area contributed by atoms with Crippen molar-refractivity contribution in [3.63, 3.8) is 0 Å². The molecular formula is C15H18N2O. The summed E-state index contributed by atoms with van der Waals surface area (Å²) in [4.78, 5) is 13.8. The third-order valence-electron chi connectivity index (χ3n) is 3.60. The number of aryl methyl sites for hydroxylation is 1. The van der Waals surface area contributed by atoms with E-state index in [9.17, 15) is 4.79 Å². The zero-order valence-corrected chi connectivity index (χ0v) is 10.9. The Hall–Kier alpha value is -1.82. The number of hydrogen-bond acceptors (Lipinski definition) is 2. The third kappa shape index (κ3) is 2.70. The van der Waals surface area contributed by atoms with Gasteiger partial charge < -0.3 is 4.90 Å². The van der Waals surface area contributed by atoms with Gasteiger partial charge in [0.25, 0.3) is 0 Å². The molecule has 0 saturated heterocycles. The van der Waals surface area contributed by atoms with Crippen LogP contribution in [-0.4, -0.2) is 16.8 Å². The molecule has 0 heterocycles. The highest BCUT2D eigenvalue weighted by atomic mass is 16.2. The number of nitrogens with zero attached hydrogens (tertiary/aromatic N) is 2. The number of carbonyl (C=O) groups is 1. The standard InChI is InChI=1S/C15H18N2O/c1-11-4-3-5-13(12(11)2)10-17(14-6-7-14)15(18)8-9-16/h3-5,14H,6-8,10H2,1-2H3. The Bertz CT molecular complexity index is 498. The van der Waals surface area contributed by atoms with E-state index in [1.165, 1.54) is 16.7 Å². The minimum atomic E-state index is -0.0408. The molecule has 0 bridgehead atoms. The Morgan fingerprint density at radius 3 is 2.78 bits per heavy atom. The van der Waals surface area contributed by atoms with Crippen molar-refractivity contribution in [2.24, 2.45) is 0 Å². The first-order valence-electron chi connectivity index (χ1n) is 6.35. The molecule has 94 valence electrons. The average molecular weight is 242 g/mol. The summed E-state index contributed by atoms with van der Waals surface area (Å²) in [7, 11) is 0. The molecule has 1 aliphatic carbocycles. The van der Waals surface area contributed by atoms with Crippen LogP contribution >= 0.6 is 0 Å². The molecule has 1 amide bonds. The van der Waals surface area contributed by atoms with Crippen LogP contribution in [0.1, 0.15) is 36.0 Å². The monoisotopic (exact) mass is 242 g/mol. The van der Waals surface area contributed by atoms with E-state index in [-0.39, 0.29) is 12.3 Å². The normalized spacial score (nSPS) is 14.1. The summed E-state index contributed by atoms with van der Waals surface area (Å²) in [5, 5.41) is 8.66. The van der Waals surface area contributed by atoms with Crippen LogP contribution in [0.4, 0.5) is 0 Å². The molecule has 18 heavy (non-hydrogen) atoms. The Kier molecular flexibility index (Phi) is 3.66. The quantitative estimate of drug-likeness (QED) is 0.814. The van der Waals surface area contributed by atoms with Crippen LogP contribution in [0.2, 0.25) is 0 Å². The van der Waals surface area contributed by atoms with Crippen molar-refractivity contribution in [3.05, 3.63) is 34.9 Å². The van der Waals surface area contributed by atoms with E-state index in [0.29, 0.717) is 12.6 Å². The Labute approximate surface area is 108 Å². The lowest BCUT2D eigenvalue weighted by molar-refractivity contribution is -0.131. The van der Waals surface area contributed by atoms with Crippen LogP contribution in [0.25, 0.3) is 0 Å². The van der Waals surface area contributed by atoms with Gasteiger partial charge in [-0.3, -0.25) is 4.79 Å². The molecule has 0 atom stereocenters. The van der Waals surface area contributed by atoms with E-state index in [4.69, 9.17) is 5.26 Å². The Morgan fingerprint density at radius 1 is 1.44 bits per heavy atom. The highest BCUT2D eigenvalue weighted by molar-refractivity contribution is 5.79. The molecule has 1 aromatic rings. The number of hydrogen-bond donors (Lipinski definition) is 0. The number of nitriles is 1. The first-order chi connectivity index (χ1) is 8.63. The van der Waals surface area contributed by atoms with Crippen LogP contribution in [0.5, 0.6) is 0 Å². The zero-order valence-electron chi connectivity index (χ0n) is 10.9. The maximum Gasteiger partial charge on any atom is 0.237 e. The molecule has 2 rings (SSSR count). The van der Waals surface area contributed by atoms with Crippen LogP contribution < -0.4 is 0 Å². The van der Waals surface area contributed by atoms with Crippen molar-refractivity contribution in [3.8, 4) is 6.07 Å².